The smallest absolute Gasteiger partial charge is 0.343 e. The molecule has 2 aromatic carbocycles. The van der Waals surface area contributed by atoms with Crippen LogP contribution in [0.2, 0.25) is 0 Å². The minimum absolute atomic E-state index is 0.142. The van der Waals surface area contributed by atoms with Gasteiger partial charge in [-0.05, 0) is 61.0 Å². The van der Waals surface area contributed by atoms with E-state index in [0.29, 0.717) is 11.4 Å². The van der Waals surface area contributed by atoms with Crippen molar-refractivity contribution in [3.05, 3.63) is 59.7 Å². The monoisotopic (exact) mass is 342 g/mol. The van der Waals surface area contributed by atoms with Gasteiger partial charge in [0.25, 0.3) is 0 Å². The number of rotatable bonds is 7. The van der Waals surface area contributed by atoms with Gasteiger partial charge < -0.3 is 14.6 Å². The predicted octanol–water partition coefficient (Wildman–Crippen LogP) is 2.77. The van der Waals surface area contributed by atoms with Gasteiger partial charge in [-0.3, -0.25) is 5.43 Å². The summed E-state index contributed by atoms with van der Waals surface area (Å²) in [6, 6.07) is 13.4. The molecule has 25 heavy (non-hydrogen) atoms. The maximum Gasteiger partial charge on any atom is 0.343 e. The number of esters is 1. The molecule has 0 saturated heterocycles. The molecule has 0 aromatic heterocycles. The van der Waals surface area contributed by atoms with Crippen LogP contribution in [-0.2, 0) is 9.53 Å². The summed E-state index contributed by atoms with van der Waals surface area (Å²) in [5.41, 5.74) is 5.39. The molecule has 2 N–H and O–H groups in total. The molecule has 0 bridgehead atoms. The molecule has 0 heterocycles. The Hall–Kier alpha value is -3.35. The Labute approximate surface area is 144 Å². The number of methoxy groups -OCH3 is 1. The second-order valence-electron chi connectivity index (χ2n) is 5.08. The van der Waals surface area contributed by atoms with Crippen LogP contribution in [0, 0.1) is 0 Å². The number of carbonyl (C=O) groups is 2. The fourth-order valence-corrected chi connectivity index (χ4v) is 1.89. The average Bonchev–Trinajstić information content (AvgIpc) is 2.64. The van der Waals surface area contributed by atoms with Crippen LogP contribution in [0.25, 0.3) is 0 Å². The van der Waals surface area contributed by atoms with Crippen molar-refractivity contribution >= 4 is 23.3 Å². The summed E-state index contributed by atoms with van der Waals surface area (Å²) >= 11 is 0. The van der Waals surface area contributed by atoms with E-state index < -0.39 is 11.9 Å². The van der Waals surface area contributed by atoms with Crippen LogP contribution in [0.5, 0.6) is 5.75 Å². The molecule has 0 aliphatic rings. The van der Waals surface area contributed by atoms with Crippen molar-refractivity contribution in [2.24, 2.45) is 5.10 Å². The molecule has 0 amide bonds. The summed E-state index contributed by atoms with van der Waals surface area (Å²) in [5, 5.41) is 13.1. The number of carboxylic acid groups (broad SMARTS) is 1. The third-order valence-corrected chi connectivity index (χ3v) is 3.34. The van der Waals surface area contributed by atoms with Crippen LogP contribution < -0.4 is 10.2 Å². The average molecular weight is 342 g/mol. The van der Waals surface area contributed by atoms with Gasteiger partial charge in [-0.2, -0.15) is 5.10 Å². The zero-order valence-corrected chi connectivity index (χ0v) is 13.9. The van der Waals surface area contributed by atoms with E-state index in [-0.39, 0.29) is 12.2 Å². The molecule has 130 valence electrons. The van der Waals surface area contributed by atoms with Gasteiger partial charge in [0.1, 0.15) is 5.75 Å². The second kappa shape index (κ2) is 8.49. The molecule has 0 saturated carbocycles. The standard InChI is InChI=1S/C18H18N2O5/c1-12(19-20-15-7-3-14(4-8-15)18(22)23)13-5-9-16(10-6-13)25-11-17(21)24-2/h3-10,20H,11H2,1-2H3,(H,22,23)/b19-12+. The third kappa shape index (κ3) is 5.35. The number of anilines is 1. The summed E-state index contributed by atoms with van der Waals surface area (Å²) in [4.78, 5) is 21.8. The molecule has 2 rings (SSSR count). The lowest BCUT2D eigenvalue weighted by Gasteiger charge is -2.07. The second-order valence-corrected chi connectivity index (χ2v) is 5.08. The van der Waals surface area contributed by atoms with Gasteiger partial charge >= 0.3 is 11.9 Å². The van der Waals surface area contributed by atoms with Crippen LogP contribution in [0.4, 0.5) is 5.69 Å². The molecule has 0 spiro atoms. The summed E-state index contributed by atoms with van der Waals surface area (Å²) in [6.45, 7) is 1.69. The number of hydrogen-bond donors (Lipinski definition) is 2. The van der Waals surface area contributed by atoms with Gasteiger partial charge in [-0.25, -0.2) is 9.59 Å². The predicted molar refractivity (Wildman–Crippen MR) is 93.2 cm³/mol. The van der Waals surface area contributed by atoms with E-state index in [2.05, 4.69) is 15.3 Å². The van der Waals surface area contributed by atoms with Crippen molar-refractivity contribution in [3.63, 3.8) is 0 Å². The number of hydrogen-bond acceptors (Lipinski definition) is 6. The number of nitrogens with zero attached hydrogens (tertiary/aromatic N) is 1. The van der Waals surface area contributed by atoms with Gasteiger partial charge in [0.2, 0.25) is 0 Å². The zero-order chi connectivity index (χ0) is 18.2. The molecule has 7 nitrogen and oxygen atoms in total. The summed E-state index contributed by atoms with van der Waals surface area (Å²) in [7, 11) is 1.30. The summed E-state index contributed by atoms with van der Waals surface area (Å²) in [6.07, 6.45) is 0. The van der Waals surface area contributed by atoms with Crippen LogP contribution in [0.3, 0.4) is 0 Å². The Balaban J connectivity index is 1.97. The number of hydrazone groups is 1. The van der Waals surface area contributed by atoms with E-state index in [1.165, 1.54) is 19.2 Å². The van der Waals surface area contributed by atoms with Crippen molar-refractivity contribution in [1.29, 1.82) is 0 Å². The Morgan fingerprint density at radius 2 is 1.64 bits per heavy atom. The van der Waals surface area contributed by atoms with Gasteiger partial charge in [0.05, 0.1) is 24.1 Å². The normalized spacial score (nSPS) is 10.9. The first kappa shape index (κ1) is 18.0. The van der Waals surface area contributed by atoms with E-state index in [1.54, 1.807) is 24.3 Å². The van der Waals surface area contributed by atoms with E-state index in [1.807, 2.05) is 19.1 Å². The van der Waals surface area contributed by atoms with Gasteiger partial charge in [-0.1, -0.05) is 0 Å². The SMILES string of the molecule is COC(=O)COc1ccc(/C(C)=N/Nc2ccc(C(=O)O)cc2)cc1. The largest absolute Gasteiger partial charge is 0.482 e. The highest BCUT2D eigenvalue weighted by atomic mass is 16.6. The quantitative estimate of drug-likeness (QED) is 0.456. The highest BCUT2D eigenvalue weighted by Gasteiger charge is 2.04. The maximum absolute atomic E-state index is 11.0. The van der Waals surface area contributed by atoms with E-state index in [0.717, 1.165) is 11.3 Å². The minimum Gasteiger partial charge on any atom is -0.482 e. The van der Waals surface area contributed by atoms with Crippen molar-refractivity contribution in [2.45, 2.75) is 6.92 Å². The van der Waals surface area contributed by atoms with E-state index in [4.69, 9.17) is 9.84 Å². The molecule has 0 radical (unpaired) electrons. The maximum atomic E-state index is 11.0. The number of carboxylic acids is 1. The minimum atomic E-state index is -0.972. The highest BCUT2D eigenvalue weighted by molar-refractivity contribution is 5.99. The lowest BCUT2D eigenvalue weighted by molar-refractivity contribution is -0.142. The lowest BCUT2D eigenvalue weighted by Crippen LogP contribution is -2.12. The Morgan fingerprint density at radius 1 is 1.04 bits per heavy atom. The number of carbonyl (C=O) groups excluding carboxylic acids is 1. The van der Waals surface area contributed by atoms with Gasteiger partial charge in [0.15, 0.2) is 6.61 Å². The Bertz CT molecular complexity index is 767. The highest BCUT2D eigenvalue weighted by Crippen LogP contribution is 2.14. The number of nitrogens with one attached hydrogen (secondary N) is 1. The number of aromatic carboxylic acids is 1. The fraction of sp³-hybridized carbons (Fsp3) is 0.167. The molecule has 0 fully saturated rings. The topological polar surface area (TPSA) is 97.2 Å². The van der Waals surface area contributed by atoms with Crippen LogP contribution in [0.15, 0.2) is 53.6 Å². The molecular weight excluding hydrogens is 324 g/mol. The first-order chi connectivity index (χ1) is 12.0. The molecular formula is C18H18N2O5. The van der Waals surface area contributed by atoms with Crippen molar-refractivity contribution in [2.75, 3.05) is 19.1 Å². The number of benzene rings is 2. The van der Waals surface area contributed by atoms with Crippen LogP contribution in [0.1, 0.15) is 22.8 Å². The van der Waals surface area contributed by atoms with Gasteiger partial charge in [-0.15, -0.1) is 0 Å². The fourth-order valence-electron chi connectivity index (χ4n) is 1.89. The summed E-state index contributed by atoms with van der Waals surface area (Å²) < 4.78 is 9.78. The van der Waals surface area contributed by atoms with E-state index >= 15 is 0 Å². The summed E-state index contributed by atoms with van der Waals surface area (Å²) in [5.74, 6) is -0.861. The lowest BCUT2D eigenvalue weighted by atomic mass is 10.1. The molecule has 2 aromatic rings. The zero-order valence-electron chi connectivity index (χ0n) is 13.9. The van der Waals surface area contributed by atoms with Crippen molar-refractivity contribution < 1.29 is 24.2 Å². The first-order valence-corrected chi connectivity index (χ1v) is 7.43. The van der Waals surface area contributed by atoms with Gasteiger partial charge in [0, 0.05) is 0 Å². The van der Waals surface area contributed by atoms with Crippen molar-refractivity contribution in [1.82, 2.24) is 0 Å². The van der Waals surface area contributed by atoms with Crippen LogP contribution >= 0.6 is 0 Å². The Morgan fingerprint density at radius 3 is 2.20 bits per heavy atom. The first-order valence-electron chi connectivity index (χ1n) is 7.43. The molecule has 0 aliphatic carbocycles. The Kier molecular flexibility index (Phi) is 6.11. The van der Waals surface area contributed by atoms with Crippen LogP contribution in [-0.4, -0.2) is 36.5 Å². The van der Waals surface area contributed by atoms with E-state index in [9.17, 15) is 9.59 Å². The van der Waals surface area contributed by atoms with Crippen molar-refractivity contribution in [3.8, 4) is 5.75 Å². The number of ether oxygens (including phenoxy) is 2. The molecule has 0 atom stereocenters. The third-order valence-electron chi connectivity index (χ3n) is 3.34. The molecule has 7 heteroatoms. The molecule has 0 aliphatic heterocycles. The molecule has 0 unspecified atom stereocenters.